The normalized spacial score (nSPS) is 11.7. The molecule has 7 heteroatoms. The van der Waals surface area contributed by atoms with Crippen LogP contribution in [0.4, 0.5) is 11.4 Å². The molecule has 0 bridgehead atoms. The highest BCUT2D eigenvalue weighted by Crippen LogP contribution is 2.37. The molecule has 0 heterocycles. The van der Waals surface area contributed by atoms with Crippen molar-refractivity contribution >= 4 is 23.2 Å². The van der Waals surface area contributed by atoms with Gasteiger partial charge >= 0.3 is 0 Å². The van der Waals surface area contributed by atoms with Crippen LogP contribution in [0.5, 0.6) is 17.2 Å². The van der Waals surface area contributed by atoms with E-state index in [4.69, 9.17) is 14.2 Å². The first-order valence-corrected chi connectivity index (χ1v) is 13.0. The molecule has 7 nitrogen and oxygen atoms in total. The van der Waals surface area contributed by atoms with Gasteiger partial charge in [-0.15, -0.1) is 0 Å². The number of nitrogens with one attached hydrogen (secondary N) is 2. The molecule has 0 saturated heterocycles. The van der Waals surface area contributed by atoms with Crippen molar-refractivity contribution in [2.24, 2.45) is 0 Å². The lowest BCUT2D eigenvalue weighted by molar-refractivity contribution is -0.122. The van der Waals surface area contributed by atoms with Gasteiger partial charge in [-0.25, -0.2) is 0 Å². The summed E-state index contributed by atoms with van der Waals surface area (Å²) >= 11 is 0. The Morgan fingerprint density at radius 2 is 1.20 bits per heavy atom. The minimum absolute atomic E-state index is 0.175. The van der Waals surface area contributed by atoms with Crippen molar-refractivity contribution in [2.75, 3.05) is 24.9 Å². The van der Waals surface area contributed by atoms with Crippen LogP contribution in [-0.2, 0) is 10.2 Å². The minimum Gasteiger partial charge on any atom is -0.494 e. The quantitative estimate of drug-likeness (QED) is 0.235. The summed E-state index contributed by atoms with van der Waals surface area (Å²) in [5.41, 5.74) is 3.48. The van der Waals surface area contributed by atoms with Gasteiger partial charge in [0, 0.05) is 23.1 Å². The van der Waals surface area contributed by atoms with E-state index in [0.29, 0.717) is 34.2 Å². The van der Waals surface area contributed by atoms with Gasteiger partial charge in [0.1, 0.15) is 17.2 Å². The molecule has 4 aromatic rings. The molecule has 0 aliphatic rings. The third-order valence-electron chi connectivity index (χ3n) is 6.82. The van der Waals surface area contributed by atoms with Gasteiger partial charge < -0.3 is 24.8 Å². The number of methoxy groups -OCH3 is 2. The van der Waals surface area contributed by atoms with Crippen LogP contribution >= 0.6 is 0 Å². The van der Waals surface area contributed by atoms with Crippen molar-refractivity contribution in [3.63, 3.8) is 0 Å². The smallest absolute Gasteiger partial charge is 0.265 e. The van der Waals surface area contributed by atoms with Crippen molar-refractivity contribution in [3.05, 3.63) is 114 Å². The number of amides is 2. The van der Waals surface area contributed by atoms with E-state index in [-0.39, 0.29) is 17.2 Å². The summed E-state index contributed by atoms with van der Waals surface area (Å²) in [6, 6.07) is 30.1. The van der Waals surface area contributed by atoms with Gasteiger partial charge in [-0.1, -0.05) is 74.5 Å². The van der Waals surface area contributed by atoms with Gasteiger partial charge in [-0.3, -0.25) is 9.59 Å². The predicted octanol–water partition coefficient (Wildman–Crippen LogP) is 6.69. The maximum absolute atomic E-state index is 13.0. The topological polar surface area (TPSA) is 85.9 Å². The van der Waals surface area contributed by atoms with Crippen LogP contribution in [0.2, 0.25) is 0 Å². The SMILES string of the molecule is COc1cc(NC(=O)C(C)Oc2ccc(C(C)(C)c3ccccc3)cc2)c(OC)cc1NC(=O)c1ccccc1. The average molecular weight is 539 g/mol. The molecule has 2 amide bonds. The zero-order valence-electron chi connectivity index (χ0n) is 23.4. The monoisotopic (exact) mass is 538 g/mol. The van der Waals surface area contributed by atoms with E-state index in [2.05, 4.69) is 36.6 Å². The molecule has 0 fully saturated rings. The Kier molecular flexibility index (Phi) is 8.74. The third-order valence-corrected chi connectivity index (χ3v) is 6.82. The van der Waals surface area contributed by atoms with E-state index in [1.54, 1.807) is 43.3 Å². The van der Waals surface area contributed by atoms with Crippen molar-refractivity contribution in [2.45, 2.75) is 32.3 Å². The van der Waals surface area contributed by atoms with Crippen LogP contribution in [0.3, 0.4) is 0 Å². The number of ether oxygens (including phenoxy) is 3. The molecular weight excluding hydrogens is 504 g/mol. The number of hydrogen-bond acceptors (Lipinski definition) is 5. The fourth-order valence-corrected chi connectivity index (χ4v) is 4.34. The molecule has 0 spiro atoms. The van der Waals surface area contributed by atoms with E-state index in [1.165, 1.54) is 19.8 Å². The van der Waals surface area contributed by atoms with Crippen molar-refractivity contribution in [1.29, 1.82) is 0 Å². The zero-order chi connectivity index (χ0) is 28.7. The Morgan fingerprint density at radius 1 is 0.700 bits per heavy atom. The zero-order valence-corrected chi connectivity index (χ0v) is 23.4. The Morgan fingerprint density at radius 3 is 1.75 bits per heavy atom. The van der Waals surface area contributed by atoms with E-state index in [0.717, 1.165) is 5.56 Å². The van der Waals surface area contributed by atoms with E-state index >= 15 is 0 Å². The maximum Gasteiger partial charge on any atom is 0.265 e. The molecular formula is C33H34N2O5. The molecule has 0 saturated carbocycles. The van der Waals surface area contributed by atoms with Crippen LogP contribution in [0.25, 0.3) is 0 Å². The fraction of sp³-hybridized carbons (Fsp3) is 0.212. The van der Waals surface area contributed by atoms with Gasteiger partial charge in [0.2, 0.25) is 0 Å². The Hall–Kier alpha value is -4.78. The highest BCUT2D eigenvalue weighted by Gasteiger charge is 2.24. The Balaban J connectivity index is 1.45. The molecule has 40 heavy (non-hydrogen) atoms. The van der Waals surface area contributed by atoms with Gasteiger partial charge in [-0.05, 0) is 42.3 Å². The first-order chi connectivity index (χ1) is 19.2. The van der Waals surface area contributed by atoms with E-state index in [9.17, 15) is 9.59 Å². The first-order valence-electron chi connectivity index (χ1n) is 13.0. The predicted molar refractivity (Wildman–Crippen MR) is 158 cm³/mol. The van der Waals surface area contributed by atoms with Crippen LogP contribution in [0.1, 0.15) is 42.3 Å². The maximum atomic E-state index is 13.0. The third kappa shape index (κ3) is 6.43. The van der Waals surface area contributed by atoms with Crippen molar-refractivity contribution in [3.8, 4) is 17.2 Å². The summed E-state index contributed by atoms with van der Waals surface area (Å²) in [6.07, 6.45) is -0.791. The molecule has 2 N–H and O–H groups in total. The number of rotatable bonds is 10. The van der Waals surface area contributed by atoms with Crippen LogP contribution in [-0.4, -0.2) is 32.1 Å². The van der Waals surface area contributed by atoms with Crippen LogP contribution in [0, 0.1) is 0 Å². The lowest BCUT2D eigenvalue weighted by Crippen LogP contribution is -2.30. The second-order valence-electron chi connectivity index (χ2n) is 9.84. The second-order valence-corrected chi connectivity index (χ2v) is 9.84. The van der Waals surface area contributed by atoms with Gasteiger partial charge in [-0.2, -0.15) is 0 Å². The number of carbonyl (C=O) groups excluding carboxylic acids is 2. The van der Waals surface area contributed by atoms with Crippen molar-refractivity contribution < 1.29 is 23.8 Å². The molecule has 1 unspecified atom stereocenters. The first kappa shape index (κ1) is 28.2. The highest BCUT2D eigenvalue weighted by atomic mass is 16.5. The standard InChI is InChI=1S/C33H34N2O5/c1-22(40-26-18-16-25(17-19-26)33(2,3)24-14-10-7-11-15-24)31(36)34-27-20-30(39-5)28(21-29(27)38-4)35-32(37)23-12-8-6-9-13-23/h6-22H,1-5H3,(H,34,36)(H,35,37). The molecule has 206 valence electrons. The molecule has 0 radical (unpaired) electrons. The number of hydrogen-bond donors (Lipinski definition) is 2. The molecule has 0 aliphatic heterocycles. The Bertz CT molecular complexity index is 1450. The van der Waals surface area contributed by atoms with Gasteiger partial charge in [0.25, 0.3) is 11.8 Å². The summed E-state index contributed by atoms with van der Waals surface area (Å²) < 4.78 is 16.9. The van der Waals surface area contributed by atoms with Gasteiger partial charge in [0.15, 0.2) is 6.10 Å². The molecule has 4 aromatic carbocycles. The Labute approximate surface area is 235 Å². The summed E-state index contributed by atoms with van der Waals surface area (Å²) in [5.74, 6) is 0.648. The number of benzene rings is 4. The van der Waals surface area contributed by atoms with Crippen LogP contribution < -0.4 is 24.8 Å². The molecule has 0 aliphatic carbocycles. The lowest BCUT2D eigenvalue weighted by atomic mass is 9.78. The minimum atomic E-state index is -0.791. The van der Waals surface area contributed by atoms with E-state index < -0.39 is 6.10 Å². The van der Waals surface area contributed by atoms with Crippen molar-refractivity contribution in [1.82, 2.24) is 0 Å². The lowest BCUT2D eigenvalue weighted by Gasteiger charge is -2.26. The van der Waals surface area contributed by atoms with Crippen LogP contribution in [0.15, 0.2) is 97.1 Å². The number of anilines is 2. The molecule has 1 atom stereocenters. The fourth-order valence-electron chi connectivity index (χ4n) is 4.34. The van der Waals surface area contributed by atoms with E-state index in [1.807, 2.05) is 48.5 Å². The molecule has 4 rings (SSSR count). The summed E-state index contributed by atoms with van der Waals surface area (Å²) in [4.78, 5) is 25.7. The summed E-state index contributed by atoms with van der Waals surface area (Å²) in [7, 11) is 2.97. The second kappa shape index (κ2) is 12.4. The number of carbonyl (C=O) groups is 2. The largest absolute Gasteiger partial charge is 0.494 e. The molecule has 0 aromatic heterocycles. The average Bonchev–Trinajstić information content (AvgIpc) is 2.98. The summed E-state index contributed by atoms with van der Waals surface area (Å²) in [5, 5.41) is 5.68. The van der Waals surface area contributed by atoms with Gasteiger partial charge in [0.05, 0.1) is 25.6 Å². The highest BCUT2D eigenvalue weighted by molar-refractivity contribution is 6.05. The summed E-state index contributed by atoms with van der Waals surface area (Å²) in [6.45, 7) is 6.03.